The number of methoxy groups -OCH3 is 1. The molecule has 0 amide bonds. The fourth-order valence-electron chi connectivity index (χ4n) is 2.55. The third-order valence-electron chi connectivity index (χ3n) is 3.41. The molecule has 19 heavy (non-hydrogen) atoms. The van der Waals surface area contributed by atoms with Crippen LogP contribution in [-0.4, -0.2) is 38.7 Å². The predicted molar refractivity (Wildman–Crippen MR) is 81.7 cm³/mol. The Morgan fingerprint density at radius 2 is 2.16 bits per heavy atom. The van der Waals surface area contributed by atoms with E-state index >= 15 is 0 Å². The summed E-state index contributed by atoms with van der Waals surface area (Å²) in [6.45, 7) is 1.11. The number of ether oxygens (including phenoxy) is 2. The molecule has 3 nitrogen and oxygen atoms in total. The van der Waals surface area contributed by atoms with Gasteiger partial charge in [-0.3, -0.25) is 4.99 Å². The molecule has 0 spiro atoms. The summed E-state index contributed by atoms with van der Waals surface area (Å²) in [5, 5.41) is 0. The zero-order chi connectivity index (χ0) is 13.6. The van der Waals surface area contributed by atoms with E-state index in [4.69, 9.17) is 9.47 Å². The van der Waals surface area contributed by atoms with Gasteiger partial charge in [0.25, 0.3) is 0 Å². The van der Waals surface area contributed by atoms with E-state index in [0.717, 1.165) is 30.9 Å². The summed E-state index contributed by atoms with van der Waals surface area (Å²) in [6.07, 6.45) is 6.37. The largest absolute Gasteiger partial charge is 0.359 e. The van der Waals surface area contributed by atoms with E-state index < -0.39 is 0 Å². The first-order valence-electron chi connectivity index (χ1n) is 6.53. The maximum absolute atomic E-state index is 5.38. The molecule has 0 N–H and O–H groups in total. The van der Waals surface area contributed by atoms with Crippen LogP contribution in [0.15, 0.2) is 29.3 Å². The number of para-hydroxylation sites is 1. The number of rotatable bonds is 8. The van der Waals surface area contributed by atoms with Crippen LogP contribution in [0, 0.1) is 0 Å². The number of hydrogen-bond donors (Lipinski definition) is 0. The van der Waals surface area contributed by atoms with Crippen LogP contribution in [0.3, 0.4) is 0 Å². The van der Waals surface area contributed by atoms with E-state index in [1.807, 2.05) is 17.8 Å². The van der Waals surface area contributed by atoms with Crippen LogP contribution in [0.25, 0.3) is 0 Å². The predicted octanol–water partition coefficient (Wildman–Crippen LogP) is 3.40. The molecule has 2 rings (SSSR count). The minimum absolute atomic E-state index is 0.0758. The van der Waals surface area contributed by atoms with E-state index in [1.54, 1.807) is 7.11 Å². The maximum Gasteiger partial charge on any atom is 0.146 e. The number of hydrogen-bond acceptors (Lipinski definition) is 4. The molecule has 0 aliphatic carbocycles. The van der Waals surface area contributed by atoms with Crippen LogP contribution in [0.1, 0.15) is 18.4 Å². The maximum atomic E-state index is 5.38. The van der Waals surface area contributed by atoms with E-state index in [9.17, 15) is 0 Å². The second-order valence-electron chi connectivity index (χ2n) is 4.78. The van der Waals surface area contributed by atoms with Gasteiger partial charge in [-0.25, -0.2) is 0 Å². The molecule has 1 heterocycles. The minimum Gasteiger partial charge on any atom is -0.359 e. The number of thioether (sulfide) groups is 1. The Hall–Kier alpha value is -0.840. The summed E-state index contributed by atoms with van der Waals surface area (Å²) in [4.78, 5) is 4.58. The first-order chi connectivity index (χ1) is 9.32. The van der Waals surface area contributed by atoms with E-state index in [-0.39, 0.29) is 5.41 Å². The van der Waals surface area contributed by atoms with Gasteiger partial charge < -0.3 is 9.47 Å². The summed E-state index contributed by atoms with van der Waals surface area (Å²) in [5.74, 6) is 1.07. The van der Waals surface area contributed by atoms with Crippen LogP contribution in [0.5, 0.6) is 0 Å². The van der Waals surface area contributed by atoms with Crippen LogP contribution in [0.4, 0.5) is 5.69 Å². The van der Waals surface area contributed by atoms with Crippen LogP contribution in [-0.2, 0) is 14.9 Å². The molecule has 0 saturated carbocycles. The highest BCUT2D eigenvalue weighted by atomic mass is 32.2. The van der Waals surface area contributed by atoms with Crippen molar-refractivity contribution in [3.8, 4) is 0 Å². The van der Waals surface area contributed by atoms with Gasteiger partial charge in [-0.05, 0) is 30.7 Å². The lowest BCUT2D eigenvalue weighted by Gasteiger charge is -2.27. The molecule has 4 heteroatoms. The Labute approximate surface area is 119 Å². The van der Waals surface area contributed by atoms with Crippen molar-refractivity contribution in [1.29, 1.82) is 0 Å². The van der Waals surface area contributed by atoms with Crippen molar-refractivity contribution in [3.63, 3.8) is 0 Å². The molecule has 104 valence electrons. The topological polar surface area (TPSA) is 30.8 Å². The first kappa shape index (κ1) is 14.6. The fourth-order valence-corrected chi connectivity index (χ4v) is 3.44. The number of nitrogens with zero attached hydrogens (tertiary/aromatic N) is 1. The summed E-state index contributed by atoms with van der Waals surface area (Å²) < 4.78 is 10.3. The van der Waals surface area contributed by atoms with Crippen LogP contribution >= 0.6 is 11.8 Å². The number of benzene rings is 1. The lowest BCUT2D eigenvalue weighted by molar-refractivity contribution is -0.0320. The lowest BCUT2D eigenvalue weighted by atomic mass is 9.80. The highest BCUT2D eigenvalue weighted by molar-refractivity contribution is 7.98. The lowest BCUT2D eigenvalue weighted by Crippen LogP contribution is -2.29. The van der Waals surface area contributed by atoms with Gasteiger partial charge in [0.1, 0.15) is 6.79 Å². The third-order valence-corrected chi connectivity index (χ3v) is 4.21. The SMILES string of the molecule is COCOCCCC1(CSC)C=Nc2ccccc21. The molecule has 1 aromatic rings. The highest BCUT2D eigenvalue weighted by Crippen LogP contribution is 2.41. The summed E-state index contributed by atoms with van der Waals surface area (Å²) >= 11 is 1.87. The Bertz CT molecular complexity index is 436. The van der Waals surface area contributed by atoms with Crippen LogP contribution < -0.4 is 0 Å². The van der Waals surface area contributed by atoms with Gasteiger partial charge in [-0.1, -0.05) is 18.2 Å². The molecule has 0 bridgehead atoms. The zero-order valence-electron chi connectivity index (χ0n) is 11.6. The molecule has 1 aromatic carbocycles. The van der Waals surface area contributed by atoms with Gasteiger partial charge in [0.05, 0.1) is 5.69 Å². The molecule has 0 saturated heterocycles. The Morgan fingerprint density at radius 3 is 2.95 bits per heavy atom. The second kappa shape index (κ2) is 7.08. The van der Waals surface area contributed by atoms with Crippen molar-refractivity contribution in [1.82, 2.24) is 0 Å². The Balaban J connectivity index is 2.02. The van der Waals surface area contributed by atoms with Crippen molar-refractivity contribution in [2.75, 3.05) is 32.5 Å². The Kier molecular flexibility index (Phi) is 5.43. The third kappa shape index (κ3) is 3.38. The number of aliphatic imine (C=N–C) groups is 1. The molecule has 0 radical (unpaired) electrons. The summed E-state index contributed by atoms with van der Waals surface area (Å²) in [5.41, 5.74) is 2.55. The standard InChI is InChI=1S/C15H21NO2S/c1-17-12-18-9-5-8-15(11-19-2)10-16-14-7-4-3-6-13(14)15/h3-4,6-7,10H,5,8-9,11-12H2,1-2H3. The molecule has 1 aliphatic rings. The zero-order valence-corrected chi connectivity index (χ0v) is 12.4. The molecule has 1 aliphatic heterocycles. The van der Waals surface area contributed by atoms with Gasteiger partial charge >= 0.3 is 0 Å². The van der Waals surface area contributed by atoms with E-state index in [1.165, 1.54) is 5.56 Å². The van der Waals surface area contributed by atoms with Crippen molar-refractivity contribution in [3.05, 3.63) is 29.8 Å². The highest BCUT2D eigenvalue weighted by Gasteiger charge is 2.35. The van der Waals surface area contributed by atoms with Gasteiger partial charge in [-0.2, -0.15) is 11.8 Å². The average molecular weight is 279 g/mol. The van der Waals surface area contributed by atoms with Gasteiger partial charge in [0.2, 0.25) is 0 Å². The van der Waals surface area contributed by atoms with Gasteiger partial charge in [0.15, 0.2) is 0 Å². The molecule has 1 unspecified atom stereocenters. The molecular formula is C15H21NO2S. The minimum atomic E-state index is 0.0758. The van der Waals surface area contributed by atoms with E-state index in [0.29, 0.717) is 6.79 Å². The average Bonchev–Trinajstić information content (AvgIpc) is 2.79. The normalized spacial score (nSPS) is 20.7. The monoisotopic (exact) mass is 279 g/mol. The van der Waals surface area contributed by atoms with Crippen molar-refractivity contribution < 1.29 is 9.47 Å². The van der Waals surface area contributed by atoms with Crippen molar-refractivity contribution >= 4 is 23.7 Å². The molecule has 1 atom stereocenters. The summed E-state index contributed by atoms with van der Waals surface area (Å²) in [7, 11) is 1.65. The van der Waals surface area contributed by atoms with Gasteiger partial charge in [0, 0.05) is 31.1 Å². The molecule has 0 fully saturated rings. The molecular weight excluding hydrogens is 258 g/mol. The van der Waals surface area contributed by atoms with Crippen molar-refractivity contribution in [2.45, 2.75) is 18.3 Å². The fraction of sp³-hybridized carbons (Fsp3) is 0.533. The van der Waals surface area contributed by atoms with Crippen molar-refractivity contribution in [2.24, 2.45) is 4.99 Å². The summed E-state index contributed by atoms with van der Waals surface area (Å²) in [6, 6.07) is 8.45. The smallest absolute Gasteiger partial charge is 0.146 e. The molecule has 0 aromatic heterocycles. The Morgan fingerprint density at radius 1 is 1.32 bits per heavy atom. The quantitative estimate of drug-likeness (QED) is 0.540. The number of fused-ring (bicyclic) bond motifs is 1. The second-order valence-corrected chi connectivity index (χ2v) is 5.65. The van der Waals surface area contributed by atoms with Gasteiger partial charge in [-0.15, -0.1) is 0 Å². The van der Waals surface area contributed by atoms with E-state index in [2.05, 4.69) is 35.7 Å². The van der Waals surface area contributed by atoms with Crippen LogP contribution in [0.2, 0.25) is 0 Å². The first-order valence-corrected chi connectivity index (χ1v) is 7.92.